The summed E-state index contributed by atoms with van der Waals surface area (Å²) in [6, 6.07) is 1.86. The third-order valence-corrected chi connectivity index (χ3v) is 4.01. The summed E-state index contributed by atoms with van der Waals surface area (Å²) in [5.41, 5.74) is 1.41. The number of piperidine rings is 1. The van der Waals surface area contributed by atoms with Crippen LogP contribution < -0.4 is 0 Å². The van der Waals surface area contributed by atoms with E-state index in [4.69, 9.17) is 0 Å². The monoisotopic (exact) mass is 302 g/mol. The average molecular weight is 302 g/mol. The van der Waals surface area contributed by atoms with E-state index in [0.29, 0.717) is 37.4 Å². The molecule has 1 fully saturated rings. The summed E-state index contributed by atoms with van der Waals surface area (Å²) in [4.78, 5) is 18.7. The second-order valence-corrected chi connectivity index (χ2v) is 6.38. The molecule has 1 saturated heterocycles. The molecular formula is C16H22N4O2. The van der Waals surface area contributed by atoms with Gasteiger partial charge in [0.2, 0.25) is 0 Å². The highest BCUT2D eigenvalue weighted by molar-refractivity contribution is 5.96. The van der Waals surface area contributed by atoms with Crippen molar-refractivity contribution < 1.29 is 9.90 Å². The van der Waals surface area contributed by atoms with E-state index in [1.165, 1.54) is 0 Å². The fraction of sp³-hybridized carbons (Fsp3) is 0.562. The number of pyridine rings is 1. The molecular weight excluding hydrogens is 280 g/mol. The van der Waals surface area contributed by atoms with Crippen molar-refractivity contribution in [3.05, 3.63) is 24.0 Å². The molecule has 22 heavy (non-hydrogen) atoms. The first-order chi connectivity index (χ1) is 10.5. The lowest BCUT2D eigenvalue weighted by Gasteiger charge is -2.29. The maximum absolute atomic E-state index is 12.5. The summed E-state index contributed by atoms with van der Waals surface area (Å²) in [7, 11) is 0. The molecule has 1 aliphatic heterocycles. The number of carbonyl (C=O) groups excluding carboxylic acids is 1. The van der Waals surface area contributed by atoms with Crippen molar-refractivity contribution in [1.29, 1.82) is 0 Å². The van der Waals surface area contributed by atoms with Crippen LogP contribution in [0.1, 0.15) is 37.0 Å². The molecule has 0 saturated carbocycles. The van der Waals surface area contributed by atoms with E-state index in [2.05, 4.69) is 23.9 Å². The smallest absolute Gasteiger partial charge is 0.255 e. The van der Waals surface area contributed by atoms with E-state index in [9.17, 15) is 9.90 Å². The minimum absolute atomic E-state index is 0.0158. The molecule has 2 aromatic heterocycles. The van der Waals surface area contributed by atoms with Crippen LogP contribution in [0, 0.1) is 5.92 Å². The van der Waals surface area contributed by atoms with Crippen LogP contribution >= 0.6 is 0 Å². The van der Waals surface area contributed by atoms with Gasteiger partial charge in [-0.2, -0.15) is 5.10 Å². The molecule has 3 heterocycles. The third-order valence-electron chi connectivity index (χ3n) is 4.01. The summed E-state index contributed by atoms with van der Waals surface area (Å²) in [6.45, 7) is 6.29. The summed E-state index contributed by atoms with van der Waals surface area (Å²) in [6.07, 6.45) is 4.41. The highest BCUT2D eigenvalue weighted by Crippen LogP contribution is 2.18. The van der Waals surface area contributed by atoms with Crippen LogP contribution in [0.2, 0.25) is 0 Å². The summed E-state index contributed by atoms with van der Waals surface area (Å²) in [5.74, 6) is 0.476. The molecule has 0 unspecified atom stereocenters. The first kappa shape index (κ1) is 15.0. The van der Waals surface area contributed by atoms with Gasteiger partial charge < -0.3 is 10.0 Å². The van der Waals surface area contributed by atoms with Crippen molar-refractivity contribution in [2.45, 2.75) is 39.3 Å². The number of aliphatic hydroxyl groups is 1. The number of aliphatic hydroxyl groups excluding tert-OH is 1. The Labute approximate surface area is 129 Å². The topological polar surface area (TPSA) is 71.2 Å². The third kappa shape index (κ3) is 2.97. The molecule has 0 aliphatic carbocycles. The SMILES string of the molecule is CC(C)Cn1ncc2cc(C(=O)N3CCC(O)CC3)cnc21. The van der Waals surface area contributed by atoms with Crippen molar-refractivity contribution in [2.75, 3.05) is 13.1 Å². The van der Waals surface area contributed by atoms with Crippen molar-refractivity contribution in [3.8, 4) is 0 Å². The summed E-state index contributed by atoms with van der Waals surface area (Å²) < 4.78 is 1.88. The van der Waals surface area contributed by atoms with Gasteiger partial charge in [0.25, 0.3) is 5.91 Å². The average Bonchev–Trinajstić information content (AvgIpc) is 2.89. The summed E-state index contributed by atoms with van der Waals surface area (Å²) >= 11 is 0. The van der Waals surface area contributed by atoms with Gasteiger partial charge in [0, 0.05) is 31.2 Å². The predicted molar refractivity (Wildman–Crippen MR) is 83.5 cm³/mol. The van der Waals surface area contributed by atoms with Crippen molar-refractivity contribution >= 4 is 16.9 Å². The molecule has 0 radical (unpaired) electrons. The van der Waals surface area contributed by atoms with Gasteiger partial charge in [0.1, 0.15) is 0 Å². The number of fused-ring (bicyclic) bond motifs is 1. The lowest BCUT2D eigenvalue weighted by atomic mass is 10.1. The van der Waals surface area contributed by atoms with Gasteiger partial charge in [0.15, 0.2) is 5.65 Å². The number of amides is 1. The van der Waals surface area contributed by atoms with Gasteiger partial charge in [-0.15, -0.1) is 0 Å². The molecule has 0 spiro atoms. The normalized spacial score (nSPS) is 16.6. The Hall–Kier alpha value is -1.95. The van der Waals surface area contributed by atoms with Crippen molar-refractivity contribution in [3.63, 3.8) is 0 Å². The van der Waals surface area contributed by atoms with E-state index in [1.54, 1.807) is 17.3 Å². The van der Waals surface area contributed by atoms with Gasteiger partial charge in [-0.25, -0.2) is 9.67 Å². The summed E-state index contributed by atoms with van der Waals surface area (Å²) in [5, 5.41) is 14.8. The zero-order chi connectivity index (χ0) is 15.7. The maximum Gasteiger partial charge on any atom is 0.255 e. The molecule has 2 aromatic rings. The largest absolute Gasteiger partial charge is 0.393 e. The Morgan fingerprint density at radius 2 is 2.09 bits per heavy atom. The second kappa shape index (κ2) is 6.04. The first-order valence-electron chi connectivity index (χ1n) is 7.83. The van der Waals surface area contributed by atoms with Gasteiger partial charge in [-0.05, 0) is 24.8 Å². The van der Waals surface area contributed by atoms with E-state index >= 15 is 0 Å². The number of hydrogen-bond acceptors (Lipinski definition) is 4. The molecule has 0 aromatic carbocycles. The zero-order valence-electron chi connectivity index (χ0n) is 13.1. The minimum atomic E-state index is -0.279. The van der Waals surface area contributed by atoms with E-state index in [-0.39, 0.29) is 12.0 Å². The van der Waals surface area contributed by atoms with Gasteiger partial charge in [-0.1, -0.05) is 13.8 Å². The predicted octanol–water partition coefficient (Wildman–Crippen LogP) is 1.68. The lowest BCUT2D eigenvalue weighted by Crippen LogP contribution is -2.40. The highest BCUT2D eigenvalue weighted by Gasteiger charge is 2.23. The number of aromatic nitrogens is 3. The van der Waals surface area contributed by atoms with Crippen LogP contribution in [0.15, 0.2) is 18.5 Å². The van der Waals surface area contributed by atoms with Crippen molar-refractivity contribution in [1.82, 2.24) is 19.7 Å². The Balaban J connectivity index is 1.81. The molecule has 0 bridgehead atoms. The second-order valence-electron chi connectivity index (χ2n) is 6.38. The number of rotatable bonds is 3. The highest BCUT2D eigenvalue weighted by atomic mass is 16.3. The molecule has 1 aliphatic rings. The van der Waals surface area contributed by atoms with E-state index in [0.717, 1.165) is 17.6 Å². The van der Waals surface area contributed by atoms with Crippen LogP contribution in [0.3, 0.4) is 0 Å². The van der Waals surface area contributed by atoms with Crippen LogP contribution in [-0.2, 0) is 6.54 Å². The Morgan fingerprint density at radius 1 is 1.36 bits per heavy atom. The molecule has 118 valence electrons. The standard InChI is InChI=1S/C16H22N4O2/c1-11(2)10-20-15-12(9-18-20)7-13(8-17-15)16(22)19-5-3-14(21)4-6-19/h7-9,11,14,21H,3-6,10H2,1-2H3. The Morgan fingerprint density at radius 3 is 2.77 bits per heavy atom. The number of nitrogens with zero attached hydrogens (tertiary/aromatic N) is 4. The maximum atomic E-state index is 12.5. The van der Waals surface area contributed by atoms with Crippen LogP contribution in [-0.4, -0.2) is 49.9 Å². The van der Waals surface area contributed by atoms with E-state index < -0.39 is 0 Å². The minimum Gasteiger partial charge on any atom is -0.393 e. The van der Waals surface area contributed by atoms with Gasteiger partial charge >= 0.3 is 0 Å². The van der Waals surface area contributed by atoms with Crippen molar-refractivity contribution in [2.24, 2.45) is 5.92 Å². The number of hydrogen-bond donors (Lipinski definition) is 1. The molecule has 6 nitrogen and oxygen atoms in total. The molecule has 6 heteroatoms. The Bertz CT molecular complexity index is 672. The molecule has 1 N–H and O–H groups in total. The first-order valence-corrected chi connectivity index (χ1v) is 7.83. The number of likely N-dealkylation sites (tertiary alicyclic amines) is 1. The van der Waals surface area contributed by atoms with Crippen LogP contribution in [0.25, 0.3) is 11.0 Å². The van der Waals surface area contributed by atoms with E-state index in [1.807, 2.05) is 10.7 Å². The lowest BCUT2D eigenvalue weighted by molar-refractivity contribution is 0.0546. The fourth-order valence-electron chi connectivity index (χ4n) is 2.82. The van der Waals surface area contributed by atoms with Crippen LogP contribution in [0.4, 0.5) is 0 Å². The molecule has 1 amide bonds. The Kier molecular flexibility index (Phi) is 4.11. The molecule has 0 atom stereocenters. The fourth-order valence-corrected chi connectivity index (χ4v) is 2.82. The number of carbonyl (C=O) groups is 1. The van der Waals surface area contributed by atoms with Gasteiger partial charge in [-0.3, -0.25) is 4.79 Å². The van der Waals surface area contributed by atoms with Crippen LogP contribution in [0.5, 0.6) is 0 Å². The van der Waals surface area contributed by atoms with Gasteiger partial charge in [0.05, 0.1) is 17.9 Å². The quantitative estimate of drug-likeness (QED) is 0.936. The zero-order valence-corrected chi connectivity index (χ0v) is 13.1. The molecule has 3 rings (SSSR count).